The number of nitrogens with one attached hydrogen (secondary N) is 1. The van der Waals surface area contributed by atoms with Gasteiger partial charge < -0.3 is 10.2 Å². The molecule has 1 atom stereocenters. The largest absolute Gasteiger partial charge is 0.356 e. The van der Waals surface area contributed by atoms with Gasteiger partial charge >= 0.3 is 0 Å². The summed E-state index contributed by atoms with van der Waals surface area (Å²) < 4.78 is 1.78. The van der Waals surface area contributed by atoms with Gasteiger partial charge in [0.1, 0.15) is 17.7 Å². The number of hydrogen-bond acceptors (Lipinski definition) is 6. The number of amides is 1. The lowest BCUT2D eigenvalue weighted by atomic mass is 10.0. The highest BCUT2D eigenvalue weighted by Crippen LogP contribution is 2.29. The van der Waals surface area contributed by atoms with Crippen molar-refractivity contribution < 1.29 is 4.79 Å². The lowest BCUT2D eigenvalue weighted by Gasteiger charge is -2.17. The van der Waals surface area contributed by atoms with Crippen LogP contribution in [0.3, 0.4) is 0 Å². The fourth-order valence-corrected chi connectivity index (χ4v) is 3.19. The third kappa shape index (κ3) is 2.36. The van der Waals surface area contributed by atoms with Gasteiger partial charge in [0.2, 0.25) is 0 Å². The Bertz CT molecular complexity index is 877. The van der Waals surface area contributed by atoms with E-state index in [-0.39, 0.29) is 5.91 Å². The lowest BCUT2D eigenvalue weighted by Crippen LogP contribution is -2.21. The van der Waals surface area contributed by atoms with Crippen LogP contribution in [-0.4, -0.2) is 50.6 Å². The minimum Gasteiger partial charge on any atom is -0.356 e. The monoisotopic (exact) mass is 323 g/mol. The summed E-state index contributed by atoms with van der Waals surface area (Å²) in [6.45, 7) is 1.78. The summed E-state index contributed by atoms with van der Waals surface area (Å²) in [5.74, 6) is 1.07. The maximum absolute atomic E-state index is 11.9. The number of fused-ring (bicyclic) bond motifs is 1. The van der Waals surface area contributed by atoms with Gasteiger partial charge in [0, 0.05) is 38.4 Å². The van der Waals surface area contributed by atoms with E-state index in [1.165, 1.54) is 0 Å². The highest BCUT2D eigenvalue weighted by atomic mass is 16.1. The molecular formula is C16H17N7O. The number of nitrogens with zero attached hydrogens (tertiary/aromatic N) is 6. The molecule has 3 aromatic heterocycles. The number of aromatic nitrogens is 5. The molecule has 0 bridgehead atoms. The van der Waals surface area contributed by atoms with Crippen LogP contribution in [0.4, 0.5) is 5.82 Å². The summed E-state index contributed by atoms with van der Waals surface area (Å²) in [6, 6.07) is 3.89. The van der Waals surface area contributed by atoms with Crippen LogP contribution in [-0.2, 0) is 0 Å². The Morgan fingerprint density at radius 1 is 1.29 bits per heavy atom. The number of carbonyl (C=O) groups is 1. The second-order valence-corrected chi connectivity index (χ2v) is 5.74. The molecule has 0 aromatic carbocycles. The molecule has 4 heterocycles. The minimum atomic E-state index is -0.177. The van der Waals surface area contributed by atoms with Crippen LogP contribution in [0.1, 0.15) is 28.4 Å². The number of hydrogen-bond donors (Lipinski definition) is 1. The van der Waals surface area contributed by atoms with Crippen LogP contribution in [0.5, 0.6) is 0 Å². The van der Waals surface area contributed by atoms with Gasteiger partial charge in [0.25, 0.3) is 5.91 Å². The van der Waals surface area contributed by atoms with Crippen LogP contribution in [0, 0.1) is 0 Å². The molecule has 4 rings (SSSR count). The number of rotatable bonds is 3. The van der Waals surface area contributed by atoms with E-state index >= 15 is 0 Å². The molecule has 1 saturated heterocycles. The topological polar surface area (TPSA) is 88.3 Å². The van der Waals surface area contributed by atoms with Crippen LogP contribution in [0.25, 0.3) is 5.65 Å². The van der Waals surface area contributed by atoms with Gasteiger partial charge in [-0.3, -0.25) is 4.79 Å². The Labute approximate surface area is 138 Å². The highest BCUT2D eigenvalue weighted by Gasteiger charge is 2.27. The summed E-state index contributed by atoms with van der Waals surface area (Å²) in [5, 5.41) is 7.00. The number of carbonyl (C=O) groups excluding carboxylic acids is 1. The van der Waals surface area contributed by atoms with Gasteiger partial charge in [-0.15, -0.1) is 0 Å². The summed E-state index contributed by atoms with van der Waals surface area (Å²) in [4.78, 5) is 26.8. The molecule has 1 N–H and O–H groups in total. The lowest BCUT2D eigenvalue weighted by molar-refractivity contribution is 0.0964. The van der Waals surface area contributed by atoms with E-state index in [0.29, 0.717) is 17.1 Å². The molecule has 0 radical (unpaired) electrons. The molecule has 8 heteroatoms. The SMILES string of the molecule is CNC(=O)c1cnn2c(C3CCN(c4ccncn4)C3)ccnc12. The summed E-state index contributed by atoms with van der Waals surface area (Å²) >= 11 is 0. The maximum Gasteiger partial charge on any atom is 0.256 e. The molecule has 1 amide bonds. The van der Waals surface area contributed by atoms with Crippen LogP contribution >= 0.6 is 0 Å². The van der Waals surface area contributed by atoms with Crippen molar-refractivity contribution in [2.45, 2.75) is 12.3 Å². The Morgan fingerprint density at radius 3 is 3.00 bits per heavy atom. The normalized spacial score (nSPS) is 17.4. The van der Waals surface area contributed by atoms with Crippen molar-refractivity contribution in [3.05, 3.63) is 48.3 Å². The first-order valence-corrected chi connectivity index (χ1v) is 7.83. The second-order valence-electron chi connectivity index (χ2n) is 5.74. The Balaban J connectivity index is 1.66. The van der Waals surface area contributed by atoms with Gasteiger partial charge in [-0.1, -0.05) is 0 Å². The van der Waals surface area contributed by atoms with E-state index in [1.807, 2.05) is 12.1 Å². The summed E-state index contributed by atoms with van der Waals surface area (Å²) in [7, 11) is 1.60. The molecule has 24 heavy (non-hydrogen) atoms. The molecule has 122 valence electrons. The van der Waals surface area contributed by atoms with E-state index in [0.717, 1.165) is 31.0 Å². The minimum absolute atomic E-state index is 0.177. The second kappa shape index (κ2) is 5.88. The van der Waals surface area contributed by atoms with Gasteiger partial charge in [-0.25, -0.2) is 19.5 Å². The van der Waals surface area contributed by atoms with Crippen LogP contribution in [0.2, 0.25) is 0 Å². The van der Waals surface area contributed by atoms with Gasteiger partial charge in [-0.05, 0) is 18.6 Å². The van der Waals surface area contributed by atoms with Crippen molar-refractivity contribution in [1.29, 1.82) is 0 Å². The fourth-order valence-electron chi connectivity index (χ4n) is 3.19. The first kappa shape index (κ1) is 14.6. The Morgan fingerprint density at radius 2 is 2.21 bits per heavy atom. The maximum atomic E-state index is 11.9. The highest BCUT2D eigenvalue weighted by molar-refractivity contribution is 5.99. The molecule has 1 unspecified atom stereocenters. The van der Waals surface area contributed by atoms with E-state index in [1.54, 1.807) is 36.5 Å². The standard InChI is InChI=1S/C16H17N7O/c1-17-16(24)12-8-21-23-13(2-6-19-15(12)23)11-4-7-22(9-11)14-3-5-18-10-20-14/h2-3,5-6,8,10-11H,4,7,9H2,1H3,(H,17,24). The molecular weight excluding hydrogens is 306 g/mol. The van der Waals surface area contributed by atoms with Crippen LogP contribution in [0.15, 0.2) is 37.1 Å². The molecule has 8 nitrogen and oxygen atoms in total. The molecule has 3 aromatic rings. The summed E-state index contributed by atoms with van der Waals surface area (Å²) in [6.07, 6.45) is 7.63. The van der Waals surface area contributed by atoms with E-state index in [9.17, 15) is 4.79 Å². The van der Waals surface area contributed by atoms with Crippen molar-refractivity contribution >= 4 is 17.4 Å². The van der Waals surface area contributed by atoms with E-state index in [4.69, 9.17) is 0 Å². The van der Waals surface area contributed by atoms with Gasteiger partial charge in [0.15, 0.2) is 5.65 Å². The average molecular weight is 323 g/mol. The molecule has 1 aliphatic heterocycles. The average Bonchev–Trinajstić information content (AvgIpc) is 3.29. The third-order valence-corrected chi connectivity index (χ3v) is 4.40. The zero-order valence-electron chi connectivity index (χ0n) is 13.3. The first-order chi connectivity index (χ1) is 11.8. The molecule has 0 saturated carbocycles. The zero-order valence-corrected chi connectivity index (χ0v) is 13.3. The Hall–Kier alpha value is -3.03. The zero-order chi connectivity index (χ0) is 16.5. The third-order valence-electron chi connectivity index (χ3n) is 4.40. The number of anilines is 1. The fraction of sp³-hybridized carbons (Fsp3) is 0.312. The molecule has 1 fully saturated rings. The molecule has 1 aliphatic rings. The first-order valence-electron chi connectivity index (χ1n) is 7.83. The van der Waals surface area contributed by atoms with Crippen molar-refractivity contribution in [2.75, 3.05) is 25.0 Å². The smallest absolute Gasteiger partial charge is 0.256 e. The van der Waals surface area contributed by atoms with Gasteiger partial charge in [-0.2, -0.15) is 5.10 Å². The summed E-state index contributed by atoms with van der Waals surface area (Å²) in [5.41, 5.74) is 2.14. The predicted molar refractivity (Wildman–Crippen MR) is 88.0 cm³/mol. The molecule has 0 aliphatic carbocycles. The van der Waals surface area contributed by atoms with E-state index < -0.39 is 0 Å². The van der Waals surface area contributed by atoms with E-state index in [2.05, 4.69) is 30.3 Å². The van der Waals surface area contributed by atoms with Crippen molar-refractivity contribution in [1.82, 2.24) is 29.9 Å². The van der Waals surface area contributed by atoms with Crippen molar-refractivity contribution in [3.63, 3.8) is 0 Å². The van der Waals surface area contributed by atoms with Crippen molar-refractivity contribution in [3.8, 4) is 0 Å². The Kier molecular flexibility index (Phi) is 3.56. The van der Waals surface area contributed by atoms with Gasteiger partial charge in [0.05, 0.1) is 11.9 Å². The van der Waals surface area contributed by atoms with Crippen LogP contribution < -0.4 is 10.2 Å². The van der Waals surface area contributed by atoms with Crippen molar-refractivity contribution in [2.24, 2.45) is 0 Å². The molecule has 0 spiro atoms. The quantitative estimate of drug-likeness (QED) is 0.769. The predicted octanol–water partition coefficient (Wildman–Crippen LogP) is 0.873.